The fourth-order valence-electron chi connectivity index (χ4n) is 3.90. The smallest absolute Gasteiger partial charge is 0.0899 e. The van der Waals surface area contributed by atoms with E-state index in [1.54, 1.807) is 0 Å². The molecular formula is C20H32O. The number of benzene rings is 1. The Labute approximate surface area is 130 Å². The zero-order valence-corrected chi connectivity index (χ0v) is 14.7. The lowest BCUT2D eigenvalue weighted by atomic mass is 9.65. The van der Waals surface area contributed by atoms with Crippen LogP contribution in [0.5, 0.6) is 0 Å². The van der Waals surface area contributed by atoms with Crippen molar-refractivity contribution < 1.29 is 5.11 Å². The molecule has 1 aliphatic carbocycles. The summed E-state index contributed by atoms with van der Waals surface area (Å²) in [7, 11) is 0. The van der Waals surface area contributed by atoms with Crippen LogP contribution in [0.2, 0.25) is 0 Å². The molecule has 0 spiro atoms. The minimum atomic E-state index is -0.608. The summed E-state index contributed by atoms with van der Waals surface area (Å²) in [5.41, 5.74) is 4.82. The predicted molar refractivity (Wildman–Crippen MR) is 90.6 cm³/mol. The van der Waals surface area contributed by atoms with E-state index in [2.05, 4.69) is 53.7 Å². The van der Waals surface area contributed by atoms with Crippen molar-refractivity contribution in [3.63, 3.8) is 0 Å². The van der Waals surface area contributed by atoms with Gasteiger partial charge in [-0.1, -0.05) is 39.3 Å². The van der Waals surface area contributed by atoms with E-state index >= 15 is 0 Å². The van der Waals surface area contributed by atoms with Crippen molar-refractivity contribution in [2.75, 3.05) is 0 Å². The molecule has 0 amide bonds. The molecule has 118 valence electrons. The fourth-order valence-corrected chi connectivity index (χ4v) is 3.90. The van der Waals surface area contributed by atoms with Crippen molar-refractivity contribution in [2.24, 2.45) is 11.3 Å². The Balaban J connectivity index is 2.21. The van der Waals surface area contributed by atoms with Crippen molar-refractivity contribution in [2.45, 2.75) is 79.2 Å². The van der Waals surface area contributed by atoms with Crippen LogP contribution in [0.3, 0.4) is 0 Å². The van der Waals surface area contributed by atoms with E-state index in [1.807, 2.05) is 0 Å². The van der Waals surface area contributed by atoms with Gasteiger partial charge in [-0.05, 0) is 80.0 Å². The van der Waals surface area contributed by atoms with E-state index in [4.69, 9.17) is 0 Å². The molecule has 1 saturated carbocycles. The molecular weight excluding hydrogens is 256 g/mol. The van der Waals surface area contributed by atoms with E-state index < -0.39 is 5.60 Å². The van der Waals surface area contributed by atoms with E-state index in [0.29, 0.717) is 5.41 Å². The predicted octanol–water partition coefficient (Wildman–Crippen LogP) is 5.43. The summed E-state index contributed by atoms with van der Waals surface area (Å²) < 4.78 is 0. The van der Waals surface area contributed by atoms with Gasteiger partial charge in [0.1, 0.15) is 0 Å². The third kappa shape index (κ3) is 3.18. The summed E-state index contributed by atoms with van der Waals surface area (Å²) in [6.45, 7) is 13.5. The highest BCUT2D eigenvalue weighted by Crippen LogP contribution is 2.47. The summed E-state index contributed by atoms with van der Waals surface area (Å²) in [5, 5.41) is 11.2. The Hall–Kier alpha value is -0.820. The highest BCUT2D eigenvalue weighted by molar-refractivity contribution is 5.40. The molecule has 1 aliphatic rings. The number of hydrogen-bond acceptors (Lipinski definition) is 1. The number of aliphatic hydroxyl groups is 1. The van der Waals surface area contributed by atoms with E-state index in [0.717, 1.165) is 31.6 Å². The molecule has 2 rings (SSSR count). The van der Waals surface area contributed by atoms with Crippen molar-refractivity contribution in [1.29, 1.82) is 0 Å². The van der Waals surface area contributed by atoms with Crippen LogP contribution in [0.15, 0.2) is 12.1 Å². The second-order valence-corrected chi connectivity index (χ2v) is 7.90. The first-order valence-corrected chi connectivity index (χ1v) is 8.50. The Bertz CT molecular complexity index is 505. The average Bonchev–Trinajstić information content (AvgIpc) is 2.43. The van der Waals surface area contributed by atoms with E-state index in [1.165, 1.54) is 28.7 Å². The second-order valence-electron chi connectivity index (χ2n) is 7.90. The van der Waals surface area contributed by atoms with Crippen LogP contribution in [0.1, 0.15) is 75.1 Å². The minimum absolute atomic E-state index is 0.402. The van der Waals surface area contributed by atoms with Crippen LogP contribution >= 0.6 is 0 Å². The molecule has 21 heavy (non-hydrogen) atoms. The van der Waals surface area contributed by atoms with Gasteiger partial charge in [-0.2, -0.15) is 0 Å². The van der Waals surface area contributed by atoms with E-state index in [9.17, 15) is 5.11 Å². The van der Waals surface area contributed by atoms with Crippen LogP contribution in [-0.2, 0) is 5.60 Å². The van der Waals surface area contributed by atoms with Gasteiger partial charge in [0.25, 0.3) is 0 Å². The molecule has 1 aromatic rings. The van der Waals surface area contributed by atoms with Crippen molar-refractivity contribution >= 4 is 0 Å². The first-order valence-electron chi connectivity index (χ1n) is 8.50. The third-order valence-corrected chi connectivity index (χ3v) is 6.17. The topological polar surface area (TPSA) is 20.2 Å². The SMILES string of the molecule is CCC(C)(C)C1CCC(O)(c2cc(C)c(C)cc2C)CC1. The molecule has 0 bridgehead atoms. The number of rotatable bonds is 3. The van der Waals surface area contributed by atoms with Gasteiger partial charge in [-0.25, -0.2) is 0 Å². The first kappa shape index (κ1) is 16.5. The van der Waals surface area contributed by atoms with Crippen LogP contribution in [0, 0.1) is 32.1 Å². The monoisotopic (exact) mass is 288 g/mol. The molecule has 0 aromatic heterocycles. The molecule has 0 unspecified atom stereocenters. The molecule has 1 heteroatoms. The largest absolute Gasteiger partial charge is 0.385 e. The summed E-state index contributed by atoms with van der Waals surface area (Å²) >= 11 is 0. The minimum Gasteiger partial charge on any atom is -0.385 e. The van der Waals surface area contributed by atoms with Crippen molar-refractivity contribution in [3.8, 4) is 0 Å². The molecule has 0 aliphatic heterocycles. The summed E-state index contributed by atoms with van der Waals surface area (Å²) in [6, 6.07) is 4.45. The van der Waals surface area contributed by atoms with Crippen LogP contribution in [0.4, 0.5) is 0 Å². The van der Waals surface area contributed by atoms with Gasteiger partial charge in [0.15, 0.2) is 0 Å². The molecule has 0 radical (unpaired) electrons. The van der Waals surface area contributed by atoms with Gasteiger partial charge in [0, 0.05) is 0 Å². The maximum Gasteiger partial charge on any atom is 0.0899 e. The van der Waals surface area contributed by atoms with Gasteiger partial charge in [-0.3, -0.25) is 0 Å². The van der Waals surface area contributed by atoms with Gasteiger partial charge < -0.3 is 5.11 Å². The van der Waals surface area contributed by atoms with Gasteiger partial charge in [0.05, 0.1) is 5.60 Å². The second kappa shape index (κ2) is 5.76. The highest BCUT2D eigenvalue weighted by atomic mass is 16.3. The number of hydrogen-bond donors (Lipinski definition) is 1. The van der Waals surface area contributed by atoms with Crippen LogP contribution in [-0.4, -0.2) is 5.11 Å². The molecule has 1 N–H and O–H groups in total. The molecule has 1 fully saturated rings. The first-order chi connectivity index (χ1) is 9.69. The lowest BCUT2D eigenvalue weighted by molar-refractivity contribution is -0.0332. The summed E-state index contributed by atoms with van der Waals surface area (Å²) in [4.78, 5) is 0. The Kier molecular flexibility index (Phi) is 4.54. The Morgan fingerprint density at radius 3 is 2.10 bits per heavy atom. The molecule has 0 heterocycles. The zero-order chi connectivity index (χ0) is 15.8. The maximum atomic E-state index is 11.2. The fraction of sp³-hybridized carbons (Fsp3) is 0.700. The van der Waals surface area contributed by atoms with Crippen molar-refractivity contribution in [1.82, 2.24) is 0 Å². The standard InChI is InChI=1S/C20H32O/c1-7-19(5,6)17-8-10-20(21,11-9-17)18-13-15(3)14(2)12-16(18)4/h12-13,17,21H,7-11H2,1-6H3. The lowest BCUT2D eigenvalue weighted by Crippen LogP contribution is -2.36. The van der Waals surface area contributed by atoms with Crippen molar-refractivity contribution in [3.05, 3.63) is 34.4 Å². The van der Waals surface area contributed by atoms with Gasteiger partial charge in [0.2, 0.25) is 0 Å². The Morgan fingerprint density at radius 2 is 1.57 bits per heavy atom. The lowest BCUT2D eigenvalue weighted by Gasteiger charge is -2.43. The van der Waals surface area contributed by atoms with Crippen LogP contribution in [0.25, 0.3) is 0 Å². The normalized spacial score (nSPS) is 26.9. The molecule has 1 aromatic carbocycles. The third-order valence-electron chi connectivity index (χ3n) is 6.17. The van der Waals surface area contributed by atoms with E-state index in [-0.39, 0.29) is 0 Å². The molecule has 0 saturated heterocycles. The maximum absolute atomic E-state index is 11.2. The quantitative estimate of drug-likeness (QED) is 0.786. The Morgan fingerprint density at radius 1 is 1.05 bits per heavy atom. The van der Waals surface area contributed by atoms with Crippen LogP contribution < -0.4 is 0 Å². The summed E-state index contributed by atoms with van der Waals surface area (Å²) in [6.07, 6.45) is 5.32. The van der Waals surface area contributed by atoms with Gasteiger partial charge >= 0.3 is 0 Å². The zero-order valence-electron chi connectivity index (χ0n) is 14.7. The van der Waals surface area contributed by atoms with Gasteiger partial charge in [-0.15, -0.1) is 0 Å². The highest BCUT2D eigenvalue weighted by Gasteiger charge is 2.40. The average molecular weight is 288 g/mol. The number of aryl methyl sites for hydroxylation is 3. The molecule has 1 nitrogen and oxygen atoms in total. The molecule has 0 atom stereocenters. The summed E-state index contributed by atoms with van der Waals surface area (Å²) in [5.74, 6) is 0.745.